The third-order valence-electron chi connectivity index (χ3n) is 3.31. The van der Waals surface area contributed by atoms with E-state index in [1.165, 1.54) is 24.3 Å². The molecule has 0 heterocycles. The molecule has 0 bridgehead atoms. The average Bonchev–Trinajstić information content (AvgIpc) is 2.69. The Morgan fingerprint density at radius 1 is 0.552 bits per heavy atom. The summed E-state index contributed by atoms with van der Waals surface area (Å²) in [7, 11) is 0. The van der Waals surface area contributed by atoms with E-state index in [0.29, 0.717) is 11.1 Å². The van der Waals surface area contributed by atoms with Crippen molar-refractivity contribution in [2.45, 2.75) is 12.8 Å². The first-order valence-corrected chi connectivity index (χ1v) is 7.91. The zero-order chi connectivity index (χ0) is 21.1. The van der Waals surface area contributed by atoms with E-state index in [9.17, 15) is 28.8 Å². The van der Waals surface area contributed by atoms with Crippen LogP contribution in [0.3, 0.4) is 0 Å². The van der Waals surface area contributed by atoms with Gasteiger partial charge in [0.2, 0.25) is 11.6 Å². The van der Waals surface area contributed by atoms with Crippen molar-refractivity contribution in [1.29, 1.82) is 0 Å². The van der Waals surface area contributed by atoms with Crippen LogP contribution in [-0.2, 0) is 39.6 Å². The van der Waals surface area contributed by atoms with Crippen molar-refractivity contribution >= 4 is 35.1 Å². The Labute approximate surface area is 179 Å². The number of Topliss-reactive ketones (excluding diaryl/α,β-unsaturated/α-hetero) is 4. The van der Waals surface area contributed by atoms with Crippen molar-refractivity contribution in [1.82, 2.24) is 0 Å². The Hall–Kier alpha value is -3.28. The van der Waals surface area contributed by atoms with Gasteiger partial charge in [-0.1, -0.05) is 60.7 Å². The summed E-state index contributed by atoms with van der Waals surface area (Å²) < 4.78 is 0. The maximum atomic E-state index is 11.3. The van der Waals surface area contributed by atoms with Gasteiger partial charge in [0.1, 0.15) is 0 Å². The van der Waals surface area contributed by atoms with Gasteiger partial charge >= 0.3 is 11.9 Å². The first kappa shape index (κ1) is 25.7. The van der Waals surface area contributed by atoms with Crippen molar-refractivity contribution in [2.24, 2.45) is 0 Å². The topological polar surface area (TPSA) is 143 Å². The van der Waals surface area contributed by atoms with E-state index in [1.807, 2.05) is 0 Å². The van der Waals surface area contributed by atoms with Gasteiger partial charge in [0.15, 0.2) is 11.6 Å². The quantitative estimate of drug-likeness (QED) is 0.247. The van der Waals surface area contributed by atoms with Gasteiger partial charge in [-0.25, -0.2) is 9.59 Å². The molecule has 0 unspecified atom stereocenters. The first-order valence-electron chi connectivity index (χ1n) is 7.91. The first-order chi connectivity index (χ1) is 13.2. The standard InChI is InChI=1S/2C10H8O4.Pd/c2*11-8(6-9(12)10(13)14)7-4-2-1-3-5-7;/h2*1-5H,6H2,(H,13,14);. The molecule has 0 spiro atoms. The van der Waals surface area contributed by atoms with Gasteiger partial charge in [-0.2, -0.15) is 0 Å². The third kappa shape index (κ3) is 9.47. The number of benzene rings is 2. The molecule has 0 saturated heterocycles. The third-order valence-corrected chi connectivity index (χ3v) is 3.31. The second-order valence-corrected chi connectivity index (χ2v) is 5.39. The van der Waals surface area contributed by atoms with Gasteiger partial charge in [-0.15, -0.1) is 0 Å². The minimum atomic E-state index is -1.57. The second kappa shape index (κ2) is 13.0. The van der Waals surface area contributed by atoms with Crippen LogP contribution in [0.1, 0.15) is 33.6 Å². The molecule has 0 atom stereocenters. The zero-order valence-corrected chi connectivity index (χ0v) is 16.4. The summed E-state index contributed by atoms with van der Waals surface area (Å²) in [6, 6.07) is 16.2. The molecule has 0 aliphatic heterocycles. The fourth-order valence-corrected chi connectivity index (χ4v) is 1.90. The van der Waals surface area contributed by atoms with Crippen LogP contribution in [0.4, 0.5) is 0 Å². The second-order valence-electron chi connectivity index (χ2n) is 5.39. The van der Waals surface area contributed by atoms with E-state index in [2.05, 4.69) is 0 Å². The SMILES string of the molecule is O=C(O)C(=O)CC(=O)c1ccccc1.O=C(O)C(=O)CC(=O)c1ccccc1.[Pd]. The van der Waals surface area contributed by atoms with Crippen LogP contribution < -0.4 is 0 Å². The molecule has 29 heavy (non-hydrogen) atoms. The molecular formula is C20H16O8Pd. The molecule has 154 valence electrons. The number of hydrogen-bond acceptors (Lipinski definition) is 6. The van der Waals surface area contributed by atoms with Crippen molar-refractivity contribution in [2.75, 3.05) is 0 Å². The number of carbonyl (C=O) groups is 6. The van der Waals surface area contributed by atoms with E-state index in [1.54, 1.807) is 36.4 Å². The van der Waals surface area contributed by atoms with Crippen LogP contribution in [0.25, 0.3) is 0 Å². The molecule has 0 saturated carbocycles. The predicted octanol–water partition coefficient (Wildman–Crippen LogP) is 1.82. The van der Waals surface area contributed by atoms with Crippen molar-refractivity contribution < 1.29 is 59.4 Å². The molecular weight excluding hydrogens is 475 g/mol. The normalized spacial score (nSPS) is 9.10. The van der Waals surface area contributed by atoms with Gasteiger partial charge in [-0.05, 0) is 0 Å². The molecule has 0 aromatic heterocycles. The van der Waals surface area contributed by atoms with E-state index >= 15 is 0 Å². The summed E-state index contributed by atoms with van der Waals surface area (Å²) in [4.78, 5) is 64.3. The summed E-state index contributed by atoms with van der Waals surface area (Å²) in [6.07, 6.45) is -1.17. The number of carbonyl (C=O) groups excluding carboxylic acids is 4. The molecule has 0 aliphatic rings. The van der Waals surface area contributed by atoms with Gasteiger partial charge in [0.05, 0.1) is 12.8 Å². The number of carboxylic acids is 2. The van der Waals surface area contributed by atoms with Gasteiger partial charge in [0.25, 0.3) is 0 Å². The van der Waals surface area contributed by atoms with Gasteiger partial charge < -0.3 is 10.2 Å². The molecule has 0 amide bonds. The Morgan fingerprint density at radius 2 is 0.828 bits per heavy atom. The van der Waals surface area contributed by atoms with Gasteiger partial charge in [-0.3, -0.25) is 19.2 Å². The zero-order valence-electron chi connectivity index (χ0n) is 14.8. The minimum Gasteiger partial charge on any atom is -0.475 e. The molecule has 2 aromatic carbocycles. The summed E-state index contributed by atoms with van der Waals surface area (Å²) in [5.41, 5.74) is 0.698. The molecule has 8 nitrogen and oxygen atoms in total. The largest absolute Gasteiger partial charge is 0.475 e. The molecule has 2 N–H and O–H groups in total. The Balaban J connectivity index is 0.000000523. The molecule has 0 fully saturated rings. The summed E-state index contributed by atoms with van der Waals surface area (Å²) >= 11 is 0. The van der Waals surface area contributed by atoms with Crippen LogP contribution in [0.2, 0.25) is 0 Å². The van der Waals surface area contributed by atoms with E-state index in [0.717, 1.165) is 0 Å². The Kier molecular flexibility index (Phi) is 11.5. The van der Waals surface area contributed by atoms with E-state index in [-0.39, 0.29) is 20.4 Å². The summed E-state index contributed by atoms with van der Waals surface area (Å²) in [6.45, 7) is 0. The Bertz CT molecular complexity index is 816. The van der Waals surface area contributed by atoms with Crippen molar-refractivity contribution in [3.8, 4) is 0 Å². The molecule has 9 heteroatoms. The fraction of sp³-hybridized carbons (Fsp3) is 0.100. The number of ketones is 4. The van der Waals surface area contributed by atoms with Crippen LogP contribution >= 0.6 is 0 Å². The van der Waals surface area contributed by atoms with Crippen molar-refractivity contribution in [3.63, 3.8) is 0 Å². The minimum absolute atomic E-state index is 0. The van der Waals surface area contributed by atoms with E-state index in [4.69, 9.17) is 10.2 Å². The van der Waals surface area contributed by atoms with Crippen molar-refractivity contribution in [3.05, 3.63) is 71.8 Å². The maximum absolute atomic E-state index is 11.3. The Morgan fingerprint density at radius 3 is 1.07 bits per heavy atom. The molecule has 2 rings (SSSR count). The molecule has 0 aliphatic carbocycles. The fourth-order valence-electron chi connectivity index (χ4n) is 1.90. The smallest absolute Gasteiger partial charge is 0.372 e. The number of aliphatic carboxylic acids is 2. The predicted molar refractivity (Wildman–Crippen MR) is 96.1 cm³/mol. The van der Waals surface area contributed by atoms with Crippen LogP contribution in [-0.4, -0.2) is 45.3 Å². The van der Waals surface area contributed by atoms with E-state index < -0.39 is 47.9 Å². The molecule has 2 aromatic rings. The number of hydrogen-bond donors (Lipinski definition) is 2. The number of rotatable bonds is 8. The summed E-state index contributed by atoms with van der Waals surface area (Å²) in [5.74, 6) is -6.27. The maximum Gasteiger partial charge on any atom is 0.372 e. The molecule has 0 radical (unpaired) electrons. The summed E-state index contributed by atoms with van der Waals surface area (Å²) in [5, 5.41) is 16.6. The van der Waals surface area contributed by atoms with Crippen LogP contribution in [0, 0.1) is 0 Å². The van der Waals surface area contributed by atoms with Crippen LogP contribution in [0.15, 0.2) is 60.7 Å². The van der Waals surface area contributed by atoms with Crippen LogP contribution in [0.5, 0.6) is 0 Å². The number of carboxylic acid groups (broad SMARTS) is 2. The average molecular weight is 491 g/mol. The van der Waals surface area contributed by atoms with Gasteiger partial charge in [0, 0.05) is 31.5 Å². The monoisotopic (exact) mass is 490 g/mol.